The Morgan fingerprint density at radius 1 is 0.867 bits per heavy atom. The van der Waals surface area contributed by atoms with Gasteiger partial charge in [0.25, 0.3) is 0 Å². The molecule has 1 aromatic carbocycles. The van der Waals surface area contributed by atoms with Crippen LogP contribution in [0.15, 0.2) is 54.9 Å². The summed E-state index contributed by atoms with van der Waals surface area (Å²) in [6.07, 6.45) is 2.88. The lowest BCUT2D eigenvalue weighted by Gasteiger charge is -2.05. The van der Waals surface area contributed by atoms with Crippen molar-refractivity contribution in [2.45, 2.75) is 0 Å². The van der Waals surface area contributed by atoms with Crippen LogP contribution >= 0.6 is 35.6 Å². The Balaban J connectivity index is 0.000000324. The number of pyridine rings is 2. The molecule has 158 valence electrons. The van der Waals surface area contributed by atoms with E-state index in [1.54, 1.807) is 6.07 Å². The van der Waals surface area contributed by atoms with Gasteiger partial charge in [-0.3, -0.25) is 4.98 Å². The molecular weight excluding hydrogens is 458 g/mol. The maximum atomic E-state index is 13.7. The summed E-state index contributed by atoms with van der Waals surface area (Å²) in [4.78, 5) is 30.0. The lowest BCUT2D eigenvalue weighted by atomic mass is 10.1. The highest BCUT2D eigenvalue weighted by molar-refractivity contribution is 6.30. The van der Waals surface area contributed by atoms with Crippen LogP contribution in [0.3, 0.4) is 0 Å². The van der Waals surface area contributed by atoms with Gasteiger partial charge in [0.15, 0.2) is 0 Å². The minimum Gasteiger partial charge on any atom is -0.465 e. The van der Waals surface area contributed by atoms with Crippen molar-refractivity contribution in [1.82, 2.24) is 9.97 Å². The van der Waals surface area contributed by atoms with Crippen LogP contribution in [0.5, 0.6) is 0 Å². The first-order chi connectivity index (χ1) is 13.8. The van der Waals surface area contributed by atoms with Gasteiger partial charge in [-0.05, 0) is 42.5 Å². The number of aromatic nitrogens is 2. The summed E-state index contributed by atoms with van der Waals surface area (Å²) in [7, 11) is 2.60. The van der Waals surface area contributed by atoms with Gasteiger partial charge in [0.05, 0.1) is 31.0 Å². The quantitative estimate of drug-likeness (QED) is 0.381. The van der Waals surface area contributed by atoms with Crippen LogP contribution in [0.25, 0.3) is 11.3 Å². The van der Waals surface area contributed by atoms with Crippen molar-refractivity contribution in [2.24, 2.45) is 0 Å². The summed E-state index contributed by atoms with van der Waals surface area (Å²) >= 11 is 11.2. The van der Waals surface area contributed by atoms with Crippen LogP contribution in [0.1, 0.15) is 20.7 Å². The van der Waals surface area contributed by atoms with E-state index >= 15 is 0 Å². The number of hydrogen-bond acceptors (Lipinski definition) is 6. The molecule has 0 atom stereocenters. The number of esters is 2. The van der Waals surface area contributed by atoms with Crippen LogP contribution in [0.2, 0.25) is 10.2 Å². The first-order valence-corrected chi connectivity index (χ1v) is 8.81. The number of nitrogens with zero attached hydrogens (tertiary/aromatic N) is 2. The number of ether oxygens (including phenoxy) is 2. The Hall–Kier alpha value is -2.74. The van der Waals surface area contributed by atoms with E-state index in [-0.39, 0.29) is 23.1 Å². The Morgan fingerprint density at radius 2 is 1.43 bits per heavy atom. The summed E-state index contributed by atoms with van der Waals surface area (Å²) in [6.45, 7) is 0. The number of carbonyl (C=O) groups is 2. The van der Waals surface area contributed by atoms with Gasteiger partial charge in [-0.2, -0.15) is 0 Å². The van der Waals surface area contributed by atoms with Crippen molar-refractivity contribution < 1.29 is 23.5 Å². The predicted octanol–water partition coefficient (Wildman–Crippen LogP) is 5.27. The van der Waals surface area contributed by atoms with Gasteiger partial charge in [0, 0.05) is 23.0 Å². The first kappa shape index (κ1) is 25.3. The van der Waals surface area contributed by atoms with Crippen molar-refractivity contribution in [1.29, 1.82) is 0 Å². The van der Waals surface area contributed by atoms with E-state index in [0.717, 1.165) is 0 Å². The van der Waals surface area contributed by atoms with Crippen molar-refractivity contribution in [2.75, 3.05) is 14.2 Å². The largest absolute Gasteiger partial charge is 0.465 e. The average Bonchev–Trinajstić information content (AvgIpc) is 2.73. The van der Waals surface area contributed by atoms with E-state index in [2.05, 4.69) is 19.4 Å². The minimum absolute atomic E-state index is 0. The molecule has 0 aliphatic heterocycles. The number of carbonyl (C=O) groups excluding carboxylic acids is 2. The fourth-order valence-electron chi connectivity index (χ4n) is 2.17. The number of methoxy groups -OCH3 is 2. The highest BCUT2D eigenvalue weighted by atomic mass is 35.5. The van der Waals surface area contributed by atoms with Crippen molar-refractivity contribution in [3.05, 3.63) is 82.0 Å². The summed E-state index contributed by atoms with van der Waals surface area (Å²) in [5.74, 6) is -1.39. The molecule has 0 unspecified atom stereocenters. The average molecular weight is 474 g/mol. The van der Waals surface area contributed by atoms with Crippen molar-refractivity contribution in [3.8, 4) is 11.3 Å². The number of benzene rings is 1. The van der Waals surface area contributed by atoms with E-state index in [1.807, 2.05) is 0 Å². The third kappa shape index (κ3) is 6.95. The van der Waals surface area contributed by atoms with E-state index in [9.17, 15) is 14.0 Å². The molecule has 3 rings (SSSR count). The molecule has 0 spiro atoms. The minimum atomic E-state index is -0.493. The second-order valence-electron chi connectivity index (χ2n) is 5.40. The molecule has 0 saturated carbocycles. The van der Waals surface area contributed by atoms with Crippen LogP contribution in [0.4, 0.5) is 4.39 Å². The van der Waals surface area contributed by atoms with Crippen LogP contribution in [0, 0.1) is 5.82 Å². The molecule has 0 amide bonds. The van der Waals surface area contributed by atoms with Gasteiger partial charge < -0.3 is 9.47 Å². The number of rotatable bonds is 3. The molecule has 0 N–H and O–H groups in total. The molecule has 0 aliphatic rings. The summed E-state index contributed by atoms with van der Waals surface area (Å²) in [5.41, 5.74) is 1.36. The maximum Gasteiger partial charge on any atom is 0.338 e. The molecule has 0 aliphatic carbocycles. The van der Waals surface area contributed by atoms with Gasteiger partial charge in [-0.1, -0.05) is 23.2 Å². The number of halogens is 4. The molecule has 0 fully saturated rings. The maximum absolute atomic E-state index is 13.7. The molecule has 6 nitrogen and oxygen atoms in total. The molecule has 10 heteroatoms. The van der Waals surface area contributed by atoms with Gasteiger partial charge in [-0.25, -0.2) is 19.0 Å². The Kier molecular flexibility index (Phi) is 10.2. The summed E-state index contributed by atoms with van der Waals surface area (Å²) < 4.78 is 22.8. The molecule has 2 heterocycles. The first-order valence-electron chi connectivity index (χ1n) is 8.05. The van der Waals surface area contributed by atoms with Crippen molar-refractivity contribution in [3.63, 3.8) is 0 Å². The molecule has 3 aromatic rings. The van der Waals surface area contributed by atoms with Crippen LogP contribution in [-0.2, 0) is 9.47 Å². The normalized spacial score (nSPS) is 9.50. The second kappa shape index (κ2) is 12.1. The molecule has 0 bridgehead atoms. The predicted molar refractivity (Wildman–Crippen MR) is 114 cm³/mol. The zero-order valence-corrected chi connectivity index (χ0v) is 18.1. The van der Waals surface area contributed by atoms with E-state index < -0.39 is 17.8 Å². The molecular formula is C20H16Cl3FN2O4. The highest BCUT2D eigenvalue weighted by Gasteiger charge is 2.11. The molecule has 0 saturated heterocycles. The fourth-order valence-corrected chi connectivity index (χ4v) is 2.50. The SMILES string of the molecule is COC(=O)c1ccnc(-c2ccc(Cl)cc2F)c1.COC(=O)c1ccnc(Cl)c1.Cl. The van der Waals surface area contributed by atoms with Crippen molar-refractivity contribution >= 4 is 47.5 Å². The monoisotopic (exact) mass is 472 g/mol. The van der Waals surface area contributed by atoms with Crippen LogP contribution in [-0.4, -0.2) is 36.1 Å². The standard InChI is InChI=1S/C13H9ClFNO2.C7H6ClNO2.ClH/c1-18-13(17)8-4-5-16-12(6-8)10-3-2-9(14)7-11(10)15;1-11-7(10)5-2-3-9-6(8)4-5;/h2-7H,1H3;2-4H,1H3;1H. The van der Waals surface area contributed by atoms with Gasteiger partial charge in [-0.15, -0.1) is 12.4 Å². The van der Waals surface area contributed by atoms with Gasteiger partial charge in [0.2, 0.25) is 0 Å². The summed E-state index contributed by atoms with van der Waals surface area (Å²) in [6, 6.07) is 10.2. The number of hydrogen-bond donors (Lipinski definition) is 0. The third-order valence-corrected chi connectivity index (χ3v) is 3.98. The van der Waals surface area contributed by atoms with E-state index in [1.165, 1.54) is 63.0 Å². The summed E-state index contributed by atoms with van der Waals surface area (Å²) in [5, 5.41) is 0.591. The van der Waals surface area contributed by atoms with Gasteiger partial charge in [0.1, 0.15) is 11.0 Å². The lowest BCUT2D eigenvalue weighted by Crippen LogP contribution is -2.02. The lowest BCUT2D eigenvalue weighted by molar-refractivity contribution is 0.0592. The Labute approximate surface area is 188 Å². The zero-order valence-electron chi connectivity index (χ0n) is 15.8. The van der Waals surface area contributed by atoms with E-state index in [4.69, 9.17) is 23.2 Å². The smallest absolute Gasteiger partial charge is 0.338 e. The Bertz CT molecular complexity index is 1030. The fraction of sp³-hybridized carbons (Fsp3) is 0.100. The van der Waals surface area contributed by atoms with Crippen LogP contribution < -0.4 is 0 Å². The zero-order chi connectivity index (χ0) is 21.4. The highest BCUT2D eigenvalue weighted by Crippen LogP contribution is 2.24. The van der Waals surface area contributed by atoms with Gasteiger partial charge >= 0.3 is 11.9 Å². The molecule has 30 heavy (non-hydrogen) atoms. The second-order valence-corrected chi connectivity index (χ2v) is 6.23. The molecule has 2 aromatic heterocycles. The Morgan fingerprint density at radius 3 is 1.97 bits per heavy atom. The van der Waals surface area contributed by atoms with E-state index in [0.29, 0.717) is 21.8 Å². The topological polar surface area (TPSA) is 78.4 Å². The third-order valence-electron chi connectivity index (χ3n) is 3.54. The molecule has 0 radical (unpaired) electrons.